The molecule has 0 radical (unpaired) electrons. The SMILES string of the molecule is COc1ccccc1CCN(C=O)Cc1ccco1. The zero-order valence-electron chi connectivity index (χ0n) is 10.9. The number of hydrogen-bond donors (Lipinski definition) is 0. The molecule has 0 atom stereocenters. The Morgan fingerprint density at radius 1 is 1.26 bits per heavy atom. The summed E-state index contributed by atoms with van der Waals surface area (Å²) < 4.78 is 10.5. The van der Waals surface area contributed by atoms with Crippen LogP contribution in [0, 0.1) is 0 Å². The molecule has 19 heavy (non-hydrogen) atoms. The lowest BCUT2D eigenvalue weighted by molar-refractivity contribution is -0.118. The van der Waals surface area contributed by atoms with E-state index in [0.717, 1.165) is 29.9 Å². The average Bonchev–Trinajstić information content (AvgIpc) is 2.96. The number of rotatable bonds is 7. The van der Waals surface area contributed by atoms with E-state index < -0.39 is 0 Å². The molecule has 0 saturated heterocycles. The molecule has 0 aliphatic rings. The molecule has 0 bridgehead atoms. The molecule has 1 heterocycles. The molecule has 2 rings (SSSR count). The summed E-state index contributed by atoms with van der Waals surface area (Å²) in [6.07, 6.45) is 3.21. The molecule has 0 N–H and O–H groups in total. The second kappa shape index (κ2) is 6.64. The average molecular weight is 259 g/mol. The zero-order chi connectivity index (χ0) is 13.5. The second-order valence-electron chi connectivity index (χ2n) is 4.22. The molecule has 0 spiro atoms. The smallest absolute Gasteiger partial charge is 0.210 e. The van der Waals surface area contributed by atoms with Gasteiger partial charge in [0.1, 0.15) is 11.5 Å². The molecule has 0 aliphatic carbocycles. The van der Waals surface area contributed by atoms with Gasteiger partial charge in [-0.3, -0.25) is 4.79 Å². The van der Waals surface area contributed by atoms with E-state index in [2.05, 4.69) is 0 Å². The van der Waals surface area contributed by atoms with Crippen LogP contribution in [0.3, 0.4) is 0 Å². The van der Waals surface area contributed by atoms with Gasteiger partial charge in [-0.15, -0.1) is 0 Å². The Hall–Kier alpha value is -2.23. The zero-order valence-corrected chi connectivity index (χ0v) is 10.9. The normalized spacial score (nSPS) is 10.2. The molecule has 1 amide bonds. The van der Waals surface area contributed by atoms with Crippen molar-refractivity contribution in [2.45, 2.75) is 13.0 Å². The summed E-state index contributed by atoms with van der Waals surface area (Å²) in [7, 11) is 1.65. The molecular formula is C15H17NO3. The minimum Gasteiger partial charge on any atom is -0.496 e. The summed E-state index contributed by atoms with van der Waals surface area (Å²) in [5.74, 6) is 1.64. The Bertz CT molecular complexity index is 508. The highest BCUT2D eigenvalue weighted by atomic mass is 16.5. The van der Waals surface area contributed by atoms with Crippen molar-refractivity contribution >= 4 is 6.41 Å². The fourth-order valence-electron chi connectivity index (χ4n) is 1.95. The molecule has 100 valence electrons. The number of hydrogen-bond acceptors (Lipinski definition) is 3. The summed E-state index contributed by atoms with van der Waals surface area (Å²) >= 11 is 0. The third-order valence-electron chi connectivity index (χ3n) is 2.95. The summed E-state index contributed by atoms with van der Waals surface area (Å²) in [5.41, 5.74) is 1.09. The van der Waals surface area contributed by atoms with Crippen molar-refractivity contribution in [3.63, 3.8) is 0 Å². The van der Waals surface area contributed by atoms with E-state index in [9.17, 15) is 4.79 Å². The summed E-state index contributed by atoms with van der Waals surface area (Å²) in [4.78, 5) is 12.7. The molecule has 4 heteroatoms. The van der Waals surface area contributed by atoms with Gasteiger partial charge in [0.25, 0.3) is 0 Å². The fourth-order valence-corrected chi connectivity index (χ4v) is 1.95. The standard InChI is InChI=1S/C15H17NO3/c1-18-15-7-3-2-5-13(15)8-9-16(12-17)11-14-6-4-10-19-14/h2-7,10,12H,8-9,11H2,1H3. The van der Waals surface area contributed by atoms with E-state index >= 15 is 0 Å². The van der Waals surface area contributed by atoms with Crippen molar-refractivity contribution in [3.8, 4) is 5.75 Å². The van der Waals surface area contributed by atoms with Crippen LogP contribution in [0.15, 0.2) is 47.1 Å². The van der Waals surface area contributed by atoms with Gasteiger partial charge in [-0.25, -0.2) is 0 Å². The first-order valence-electron chi connectivity index (χ1n) is 6.17. The summed E-state index contributed by atoms with van der Waals surface area (Å²) in [5, 5.41) is 0. The highest BCUT2D eigenvalue weighted by molar-refractivity contribution is 5.47. The number of methoxy groups -OCH3 is 1. The van der Waals surface area contributed by atoms with Gasteiger partial charge in [0.15, 0.2) is 0 Å². The van der Waals surface area contributed by atoms with E-state index in [0.29, 0.717) is 13.1 Å². The minimum absolute atomic E-state index is 0.492. The Labute approximate surface area is 112 Å². The van der Waals surface area contributed by atoms with Gasteiger partial charge in [0.05, 0.1) is 19.9 Å². The van der Waals surface area contributed by atoms with Gasteiger partial charge < -0.3 is 14.1 Å². The van der Waals surface area contributed by atoms with Crippen LogP contribution >= 0.6 is 0 Å². The largest absolute Gasteiger partial charge is 0.496 e. The first kappa shape index (κ1) is 13.2. The van der Waals surface area contributed by atoms with Crippen molar-refractivity contribution in [3.05, 3.63) is 54.0 Å². The van der Waals surface area contributed by atoms with E-state index in [1.165, 1.54) is 0 Å². The maximum Gasteiger partial charge on any atom is 0.210 e. The van der Waals surface area contributed by atoms with Crippen LogP contribution in [-0.2, 0) is 17.8 Å². The lowest BCUT2D eigenvalue weighted by atomic mass is 10.1. The topological polar surface area (TPSA) is 42.7 Å². The molecule has 2 aromatic rings. The minimum atomic E-state index is 0.492. The van der Waals surface area contributed by atoms with Crippen molar-refractivity contribution in [2.24, 2.45) is 0 Å². The maximum atomic E-state index is 11.1. The Kier molecular flexibility index (Phi) is 4.61. The Balaban J connectivity index is 1.94. The first-order valence-corrected chi connectivity index (χ1v) is 6.17. The predicted octanol–water partition coefficient (Wildman–Crippen LogP) is 2.49. The molecule has 1 aromatic carbocycles. The van der Waals surface area contributed by atoms with E-state index in [4.69, 9.17) is 9.15 Å². The molecule has 0 fully saturated rings. The summed E-state index contributed by atoms with van der Waals surface area (Å²) in [6, 6.07) is 11.5. The lowest BCUT2D eigenvalue weighted by Crippen LogP contribution is -2.23. The van der Waals surface area contributed by atoms with Crippen molar-refractivity contribution in [1.29, 1.82) is 0 Å². The van der Waals surface area contributed by atoms with E-state index in [-0.39, 0.29) is 0 Å². The van der Waals surface area contributed by atoms with Gasteiger partial charge >= 0.3 is 0 Å². The number of nitrogens with zero attached hydrogens (tertiary/aromatic N) is 1. The van der Waals surface area contributed by atoms with Gasteiger partial charge in [0.2, 0.25) is 6.41 Å². The van der Waals surface area contributed by atoms with Crippen molar-refractivity contribution in [1.82, 2.24) is 4.90 Å². The number of amides is 1. The van der Waals surface area contributed by atoms with Gasteiger partial charge in [-0.2, -0.15) is 0 Å². The number of carbonyl (C=O) groups excluding carboxylic acids is 1. The van der Waals surface area contributed by atoms with E-state index in [1.54, 1.807) is 18.3 Å². The maximum absolute atomic E-state index is 11.1. The van der Waals surface area contributed by atoms with Crippen LogP contribution in [0.1, 0.15) is 11.3 Å². The number of ether oxygens (including phenoxy) is 1. The monoisotopic (exact) mass is 259 g/mol. The molecule has 4 nitrogen and oxygen atoms in total. The Morgan fingerprint density at radius 3 is 2.79 bits per heavy atom. The Morgan fingerprint density at radius 2 is 2.11 bits per heavy atom. The molecule has 0 unspecified atom stereocenters. The van der Waals surface area contributed by atoms with Crippen LogP contribution in [0.4, 0.5) is 0 Å². The molecule has 0 aliphatic heterocycles. The molecule has 0 saturated carbocycles. The molecule has 1 aromatic heterocycles. The van der Waals surface area contributed by atoms with E-state index in [1.807, 2.05) is 36.4 Å². The van der Waals surface area contributed by atoms with Gasteiger partial charge in [-0.1, -0.05) is 18.2 Å². The van der Waals surface area contributed by atoms with Crippen molar-refractivity contribution < 1.29 is 13.9 Å². The second-order valence-corrected chi connectivity index (χ2v) is 4.22. The quantitative estimate of drug-likeness (QED) is 0.717. The third kappa shape index (κ3) is 3.61. The fraction of sp³-hybridized carbons (Fsp3) is 0.267. The highest BCUT2D eigenvalue weighted by Gasteiger charge is 2.07. The van der Waals surface area contributed by atoms with Gasteiger partial charge in [0, 0.05) is 6.54 Å². The first-order chi connectivity index (χ1) is 9.33. The molecular weight excluding hydrogens is 242 g/mol. The van der Waals surface area contributed by atoms with Crippen LogP contribution in [-0.4, -0.2) is 25.0 Å². The predicted molar refractivity (Wildman–Crippen MR) is 71.9 cm³/mol. The number of carbonyl (C=O) groups is 1. The third-order valence-corrected chi connectivity index (χ3v) is 2.95. The van der Waals surface area contributed by atoms with Crippen LogP contribution in [0.25, 0.3) is 0 Å². The highest BCUT2D eigenvalue weighted by Crippen LogP contribution is 2.18. The number of para-hydroxylation sites is 1. The van der Waals surface area contributed by atoms with Crippen LogP contribution in [0.5, 0.6) is 5.75 Å². The number of furan rings is 1. The summed E-state index contributed by atoms with van der Waals surface area (Å²) in [6.45, 7) is 1.12. The van der Waals surface area contributed by atoms with Crippen LogP contribution in [0.2, 0.25) is 0 Å². The van der Waals surface area contributed by atoms with Crippen LogP contribution < -0.4 is 4.74 Å². The lowest BCUT2D eigenvalue weighted by Gasteiger charge is -2.16. The van der Waals surface area contributed by atoms with Crippen molar-refractivity contribution in [2.75, 3.05) is 13.7 Å². The number of benzene rings is 1. The van der Waals surface area contributed by atoms with Gasteiger partial charge in [-0.05, 0) is 30.2 Å².